The molecule has 0 N–H and O–H groups in total. The van der Waals surface area contributed by atoms with Crippen LogP contribution in [-0.2, 0) is 16.0 Å². The van der Waals surface area contributed by atoms with E-state index in [0.29, 0.717) is 5.56 Å². The molecular formula is C10H7BrN2O4. The van der Waals surface area contributed by atoms with Crippen molar-refractivity contribution in [3.63, 3.8) is 0 Å². The normalized spacial score (nSPS) is 9.47. The molecule has 0 fully saturated rings. The third-order valence-electron chi connectivity index (χ3n) is 2.05. The number of benzene rings is 1. The van der Waals surface area contributed by atoms with Crippen molar-refractivity contribution in [1.29, 1.82) is 5.26 Å². The molecule has 0 unspecified atom stereocenters. The van der Waals surface area contributed by atoms with Crippen LogP contribution in [0.3, 0.4) is 0 Å². The zero-order valence-electron chi connectivity index (χ0n) is 8.77. The molecule has 7 heteroatoms. The van der Waals surface area contributed by atoms with Crippen LogP contribution in [0, 0.1) is 21.4 Å². The maximum Gasteiger partial charge on any atom is 0.310 e. The van der Waals surface area contributed by atoms with Crippen molar-refractivity contribution >= 4 is 27.6 Å². The van der Waals surface area contributed by atoms with Gasteiger partial charge in [0.25, 0.3) is 5.69 Å². The van der Waals surface area contributed by atoms with Crippen molar-refractivity contribution < 1.29 is 14.5 Å². The number of halogens is 1. The lowest BCUT2D eigenvalue weighted by molar-refractivity contribution is -0.385. The van der Waals surface area contributed by atoms with E-state index in [0.717, 1.165) is 6.07 Å². The molecule has 6 nitrogen and oxygen atoms in total. The third-order valence-corrected chi connectivity index (χ3v) is 2.69. The number of methoxy groups -OCH3 is 1. The zero-order valence-corrected chi connectivity index (χ0v) is 10.4. The van der Waals surface area contributed by atoms with Gasteiger partial charge >= 0.3 is 5.97 Å². The Balaban J connectivity index is 3.25. The second-order valence-electron chi connectivity index (χ2n) is 3.08. The highest BCUT2D eigenvalue weighted by Crippen LogP contribution is 2.28. The second kappa shape index (κ2) is 5.41. The molecule has 0 aliphatic rings. The number of nitrogens with zero attached hydrogens (tertiary/aromatic N) is 2. The molecule has 0 amide bonds. The Morgan fingerprint density at radius 3 is 2.76 bits per heavy atom. The van der Waals surface area contributed by atoms with Crippen LogP contribution in [0.4, 0.5) is 5.69 Å². The highest BCUT2D eigenvalue weighted by Gasteiger charge is 2.18. The molecule has 0 radical (unpaired) electrons. The van der Waals surface area contributed by atoms with Gasteiger partial charge in [0.1, 0.15) is 0 Å². The molecule has 1 aromatic rings. The van der Waals surface area contributed by atoms with Gasteiger partial charge in [-0.2, -0.15) is 5.26 Å². The van der Waals surface area contributed by atoms with Crippen molar-refractivity contribution in [3.8, 4) is 6.07 Å². The monoisotopic (exact) mass is 298 g/mol. The average Bonchev–Trinajstić information content (AvgIpc) is 2.28. The Labute approximate surface area is 105 Å². The Morgan fingerprint density at radius 1 is 1.65 bits per heavy atom. The van der Waals surface area contributed by atoms with E-state index in [-0.39, 0.29) is 22.1 Å². The molecular weight excluding hydrogens is 292 g/mol. The third kappa shape index (κ3) is 3.01. The minimum absolute atomic E-state index is 0.0882. The molecule has 1 rings (SSSR count). The van der Waals surface area contributed by atoms with Crippen molar-refractivity contribution in [1.82, 2.24) is 0 Å². The van der Waals surface area contributed by atoms with Gasteiger partial charge in [0.15, 0.2) is 0 Å². The first-order valence-electron chi connectivity index (χ1n) is 4.43. The fraction of sp³-hybridized carbons (Fsp3) is 0.200. The molecule has 17 heavy (non-hydrogen) atoms. The zero-order chi connectivity index (χ0) is 13.0. The van der Waals surface area contributed by atoms with E-state index in [4.69, 9.17) is 5.26 Å². The Bertz CT molecular complexity index is 522. The number of rotatable bonds is 3. The summed E-state index contributed by atoms with van der Waals surface area (Å²) < 4.78 is 4.70. The van der Waals surface area contributed by atoms with Crippen molar-refractivity contribution in [2.45, 2.75) is 6.42 Å². The number of hydrogen-bond donors (Lipinski definition) is 0. The summed E-state index contributed by atoms with van der Waals surface area (Å²) in [6.45, 7) is 0. The molecule has 0 saturated heterocycles. The Hall–Kier alpha value is -1.94. The summed E-state index contributed by atoms with van der Waals surface area (Å²) >= 11 is 3.02. The van der Waals surface area contributed by atoms with E-state index >= 15 is 0 Å². The highest BCUT2D eigenvalue weighted by molar-refractivity contribution is 9.10. The predicted octanol–water partition coefficient (Wildman–Crippen LogP) is 1.94. The summed E-state index contributed by atoms with van der Waals surface area (Å²) in [6, 6.07) is 4.32. The molecule has 0 aromatic heterocycles. The summed E-state index contributed by atoms with van der Waals surface area (Å²) in [5, 5.41) is 19.5. The van der Waals surface area contributed by atoms with Gasteiger partial charge in [-0.3, -0.25) is 14.9 Å². The molecule has 0 aliphatic carbocycles. The predicted molar refractivity (Wildman–Crippen MR) is 61.2 cm³/mol. The smallest absolute Gasteiger partial charge is 0.310 e. The van der Waals surface area contributed by atoms with Crippen LogP contribution in [0.1, 0.15) is 11.1 Å². The number of carbonyl (C=O) groups excluding carboxylic acids is 1. The minimum atomic E-state index is -0.604. The van der Waals surface area contributed by atoms with Gasteiger partial charge in [-0.05, 0) is 27.6 Å². The lowest BCUT2D eigenvalue weighted by atomic mass is 10.0. The Morgan fingerprint density at radius 2 is 2.29 bits per heavy atom. The number of nitro benzene ring substituents is 1. The van der Waals surface area contributed by atoms with Gasteiger partial charge < -0.3 is 4.74 Å². The van der Waals surface area contributed by atoms with Crippen LogP contribution in [-0.4, -0.2) is 18.0 Å². The first-order valence-corrected chi connectivity index (χ1v) is 5.22. The fourth-order valence-electron chi connectivity index (χ4n) is 1.22. The van der Waals surface area contributed by atoms with Crippen LogP contribution >= 0.6 is 15.9 Å². The largest absolute Gasteiger partial charge is 0.469 e. The maximum atomic E-state index is 11.1. The first kappa shape index (κ1) is 13.1. The molecule has 88 valence electrons. The minimum Gasteiger partial charge on any atom is -0.469 e. The van der Waals surface area contributed by atoms with Crippen molar-refractivity contribution in [2.75, 3.05) is 7.11 Å². The molecule has 0 spiro atoms. The highest BCUT2D eigenvalue weighted by atomic mass is 79.9. The quantitative estimate of drug-likeness (QED) is 0.483. The molecule has 0 aliphatic heterocycles. The van der Waals surface area contributed by atoms with E-state index < -0.39 is 10.9 Å². The first-order chi connectivity index (χ1) is 7.99. The van der Waals surface area contributed by atoms with E-state index in [1.165, 1.54) is 13.2 Å². The van der Waals surface area contributed by atoms with Crippen LogP contribution < -0.4 is 0 Å². The SMILES string of the molecule is COC(=O)Cc1cc(Br)c([N+](=O)[O-])cc1C#N. The van der Waals surface area contributed by atoms with Crippen LogP contribution in [0.15, 0.2) is 16.6 Å². The topological polar surface area (TPSA) is 93.2 Å². The number of nitriles is 1. The van der Waals surface area contributed by atoms with Gasteiger partial charge in [0, 0.05) is 6.07 Å². The van der Waals surface area contributed by atoms with E-state index in [1.807, 2.05) is 6.07 Å². The number of hydrogen-bond acceptors (Lipinski definition) is 5. The summed E-state index contributed by atoms with van der Waals surface area (Å²) in [6.07, 6.45) is -0.101. The summed E-state index contributed by atoms with van der Waals surface area (Å²) in [5.74, 6) is -0.512. The number of nitro groups is 1. The summed E-state index contributed by atoms with van der Waals surface area (Å²) in [4.78, 5) is 21.1. The summed E-state index contributed by atoms with van der Waals surface area (Å²) in [7, 11) is 1.23. The molecule has 0 atom stereocenters. The van der Waals surface area contributed by atoms with Gasteiger partial charge in [0.05, 0.1) is 34.6 Å². The number of ether oxygens (including phenoxy) is 1. The van der Waals surface area contributed by atoms with E-state index in [1.54, 1.807) is 0 Å². The molecule has 0 saturated carbocycles. The number of carbonyl (C=O) groups is 1. The fourth-order valence-corrected chi connectivity index (χ4v) is 1.76. The van der Waals surface area contributed by atoms with Crippen molar-refractivity contribution in [3.05, 3.63) is 37.8 Å². The van der Waals surface area contributed by atoms with Gasteiger partial charge in [0.2, 0.25) is 0 Å². The van der Waals surface area contributed by atoms with E-state index in [2.05, 4.69) is 20.7 Å². The lowest BCUT2D eigenvalue weighted by Gasteiger charge is -2.04. The van der Waals surface area contributed by atoms with Crippen LogP contribution in [0.5, 0.6) is 0 Å². The lowest BCUT2D eigenvalue weighted by Crippen LogP contribution is -2.06. The van der Waals surface area contributed by atoms with Gasteiger partial charge in [-0.25, -0.2) is 0 Å². The Kier molecular flexibility index (Phi) is 4.17. The second-order valence-corrected chi connectivity index (χ2v) is 3.94. The van der Waals surface area contributed by atoms with Gasteiger partial charge in [-0.15, -0.1) is 0 Å². The maximum absolute atomic E-state index is 11.1. The van der Waals surface area contributed by atoms with Crippen molar-refractivity contribution in [2.24, 2.45) is 0 Å². The standard InChI is InChI=1S/C10H7BrN2O4/c1-17-10(14)4-6-2-8(11)9(13(15)16)3-7(6)5-12/h2-3H,4H2,1H3. The van der Waals surface area contributed by atoms with Crippen LogP contribution in [0.2, 0.25) is 0 Å². The molecule has 1 aromatic carbocycles. The van der Waals surface area contributed by atoms with Crippen LogP contribution in [0.25, 0.3) is 0 Å². The van der Waals surface area contributed by atoms with Gasteiger partial charge in [-0.1, -0.05) is 0 Å². The summed E-state index contributed by atoms with van der Waals surface area (Å²) in [5.41, 5.74) is 0.261. The van der Waals surface area contributed by atoms with E-state index in [9.17, 15) is 14.9 Å². The number of esters is 1. The molecule has 0 heterocycles. The molecule has 0 bridgehead atoms. The average molecular weight is 299 g/mol.